The molecule has 7 heteroatoms. The lowest BCUT2D eigenvalue weighted by Crippen LogP contribution is -1.98. The quantitative estimate of drug-likeness (QED) is 0.758. The van der Waals surface area contributed by atoms with Crippen LogP contribution in [0.25, 0.3) is 0 Å². The lowest BCUT2D eigenvalue weighted by molar-refractivity contribution is 0.609. The number of aromatic nitrogens is 2. The van der Waals surface area contributed by atoms with Gasteiger partial charge in [-0.25, -0.2) is 8.42 Å². The molecule has 13 heavy (non-hydrogen) atoms. The van der Waals surface area contributed by atoms with E-state index in [1.807, 2.05) is 6.92 Å². The third-order valence-electron chi connectivity index (χ3n) is 1.47. The Morgan fingerprint density at radius 3 is 2.62 bits per heavy atom. The zero-order valence-electron chi connectivity index (χ0n) is 6.87. The average molecular weight is 243 g/mol. The summed E-state index contributed by atoms with van der Waals surface area (Å²) >= 11 is 5.81. The van der Waals surface area contributed by atoms with Gasteiger partial charge in [0.2, 0.25) is 9.05 Å². The van der Waals surface area contributed by atoms with E-state index in [4.69, 9.17) is 22.3 Å². The molecule has 1 rings (SSSR count). The summed E-state index contributed by atoms with van der Waals surface area (Å²) < 4.78 is 22.9. The number of hydrogen-bond donors (Lipinski definition) is 0. The van der Waals surface area contributed by atoms with Crippen molar-refractivity contribution in [2.45, 2.75) is 19.2 Å². The van der Waals surface area contributed by atoms with Crippen LogP contribution in [0.4, 0.5) is 0 Å². The van der Waals surface area contributed by atoms with E-state index in [-0.39, 0.29) is 5.75 Å². The summed E-state index contributed by atoms with van der Waals surface area (Å²) in [5.74, 6) is -0.284. The van der Waals surface area contributed by atoms with Gasteiger partial charge in [-0.3, -0.25) is 4.68 Å². The molecule has 0 N–H and O–H groups in total. The fraction of sp³-hybridized carbons (Fsp3) is 0.500. The smallest absolute Gasteiger partial charge is 0.236 e. The first-order valence-corrected chi connectivity index (χ1v) is 6.42. The first-order valence-electron chi connectivity index (χ1n) is 3.56. The van der Waals surface area contributed by atoms with Gasteiger partial charge in [-0.15, -0.1) is 0 Å². The highest BCUT2D eigenvalue weighted by atomic mass is 35.7. The zero-order valence-corrected chi connectivity index (χ0v) is 9.20. The Morgan fingerprint density at radius 2 is 2.23 bits per heavy atom. The van der Waals surface area contributed by atoms with Crippen LogP contribution in [0.5, 0.6) is 0 Å². The van der Waals surface area contributed by atoms with Crippen LogP contribution >= 0.6 is 22.3 Å². The molecule has 0 spiro atoms. The fourth-order valence-corrected chi connectivity index (χ4v) is 2.21. The highest BCUT2D eigenvalue weighted by Crippen LogP contribution is 2.19. The summed E-state index contributed by atoms with van der Waals surface area (Å²) in [5.41, 5.74) is 0.429. The molecule has 0 atom stereocenters. The molecule has 0 aliphatic heterocycles. The van der Waals surface area contributed by atoms with E-state index < -0.39 is 9.05 Å². The van der Waals surface area contributed by atoms with Gasteiger partial charge in [0.25, 0.3) is 0 Å². The topological polar surface area (TPSA) is 52.0 Å². The van der Waals surface area contributed by atoms with Crippen molar-refractivity contribution in [1.29, 1.82) is 0 Å². The SMILES string of the molecule is CCn1ncc(CS(=O)(=O)Cl)c1Cl. The predicted molar refractivity (Wildman–Crippen MR) is 51.4 cm³/mol. The van der Waals surface area contributed by atoms with Gasteiger partial charge in [-0.1, -0.05) is 11.6 Å². The summed E-state index contributed by atoms with van der Waals surface area (Å²) in [4.78, 5) is 0. The molecule has 0 aliphatic carbocycles. The summed E-state index contributed by atoms with van der Waals surface area (Å²) in [6.45, 7) is 2.46. The van der Waals surface area contributed by atoms with Crippen LogP contribution in [0.1, 0.15) is 12.5 Å². The van der Waals surface area contributed by atoms with Crippen molar-refractivity contribution in [1.82, 2.24) is 9.78 Å². The predicted octanol–water partition coefficient (Wildman–Crippen LogP) is 1.62. The van der Waals surface area contributed by atoms with Gasteiger partial charge in [0.1, 0.15) is 5.15 Å². The summed E-state index contributed by atoms with van der Waals surface area (Å²) in [6, 6.07) is 0. The molecule has 0 saturated heterocycles. The Hall–Kier alpha value is -0.260. The molecule has 4 nitrogen and oxygen atoms in total. The molecule has 1 heterocycles. The summed E-state index contributed by atoms with van der Waals surface area (Å²) in [7, 11) is 1.51. The van der Waals surface area contributed by atoms with Crippen molar-refractivity contribution < 1.29 is 8.42 Å². The molecule has 0 fully saturated rings. The van der Waals surface area contributed by atoms with Gasteiger partial charge in [0.05, 0.1) is 11.9 Å². The monoisotopic (exact) mass is 242 g/mol. The lowest BCUT2D eigenvalue weighted by atomic mass is 10.4. The maximum atomic E-state index is 10.7. The number of hydrogen-bond acceptors (Lipinski definition) is 3. The van der Waals surface area contributed by atoms with Crippen LogP contribution in [0.15, 0.2) is 6.20 Å². The average Bonchev–Trinajstić information content (AvgIpc) is 2.30. The Balaban J connectivity index is 2.97. The Morgan fingerprint density at radius 1 is 1.62 bits per heavy atom. The highest BCUT2D eigenvalue weighted by molar-refractivity contribution is 8.13. The van der Waals surface area contributed by atoms with E-state index in [1.165, 1.54) is 10.9 Å². The van der Waals surface area contributed by atoms with Gasteiger partial charge in [-0.05, 0) is 6.92 Å². The molecule has 0 saturated carbocycles. The maximum absolute atomic E-state index is 10.7. The van der Waals surface area contributed by atoms with Gasteiger partial charge < -0.3 is 0 Å². The fourth-order valence-electron chi connectivity index (χ4n) is 0.912. The van der Waals surface area contributed by atoms with E-state index in [0.717, 1.165) is 0 Å². The number of rotatable bonds is 3. The highest BCUT2D eigenvalue weighted by Gasteiger charge is 2.14. The number of nitrogens with zero attached hydrogens (tertiary/aromatic N) is 2. The van der Waals surface area contributed by atoms with Crippen LogP contribution < -0.4 is 0 Å². The molecule has 1 aromatic rings. The third kappa shape index (κ3) is 2.86. The molecule has 0 radical (unpaired) electrons. The second kappa shape index (κ2) is 3.86. The maximum Gasteiger partial charge on any atom is 0.236 e. The second-order valence-corrected chi connectivity index (χ2v) is 5.59. The summed E-state index contributed by atoms with van der Waals surface area (Å²) in [5, 5.41) is 4.21. The summed E-state index contributed by atoms with van der Waals surface area (Å²) in [6.07, 6.45) is 1.41. The first-order chi connectivity index (χ1) is 5.94. The molecule has 1 aromatic heterocycles. The molecule has 0 aromatic carbocycles. The van der Waals surface area contributed by atoms with Crippen LogP contribution in [0, 0.1) is 0 Å². The van der Waals surface area contributed by atoms with Crippen LogP contribution in [-0.2, 0) is 21.3 Å². The van der Waals surface area contributed by atoms with Gasteiger partial charge in [0.15, 0.2) is 0 Å². The van der Waals surface area contributed by atoms with Crippen molar-refractivity contribution in [3.63, 3.8) is 0 Å². The van der Waals surface area contributed by atoms with E-state index in [1.54, 1.807) is 0 Å². The molecular weight excluding hydrogens is 235 g/mol. The van der Waals surface area contributed by atoms with Crippen LogP contribution in [-0.4, -0.2) is 18.2 Å². The molecule has 0 aliphatic rings. The van der Waals surface area contributed by atoms with Crippen molar-refractivity contribution in [3.8, 4) is 0 Å². The minimum Gasteiger partial charge on any atom is -0.254 e. The molecule has 0 bridgehead atoms. The molecule has 0 amide bonds. The van der Waals surface area contributed by atoms with Crippen molar-refractivity contribution in [2.24, 2.45) is 0 Å². The standard InChI is InChI=1S/C6H8Cl2N2O2S/c1-2-10-6(7)5(3-9-10)4-13(8,11)12/h3H,2,4H2,1H3. The van der Waals surface area contributed by atoms with Gasteiger partial charge in [0, 0.05) is 22.8 Å². The first kappa shape index (κ1) is 10.8. The van der Waals surface area contributed by atoms with Crippen molar-refractivity contribution >= 4 is 31.3 Å². The van der Waals surface area contributed by atoms with Crippen molar-refractivity contribution in [3.05, 3.63) is 16.9 Å². The van der Waals surface area contributed by atoms with E-state index in [2.05, 4.69) is 5.10 Å². The number of aryl methyl sites for hydroxylation is 1. The Kier molecular flexibility index (Phi) is 3.21. The number of halogens is 2. The van der Waals surface area contributed by atoms with Gasteiger partial charge >= 0.3 is 0 Å². The normalized spacial score (nSPS) is 11.9. The van der Waals surface area contributed by atoms with Gasteiger partial charge in [-0.2, -0.15) is 5.10 Å². The Bertz CT molecular complexity index is 399. The molecule has 0 unspecified atom stereocenters. The Labute approximate surface area is 85.9 Å². The second-order valence-electron chi connectivity index (χ2n) is 2.46. The lowest BCUT2D eigenvalue weighted by Gasteiger charge is -1.97. The minimum absolute atomic E-state index is 0.284. The molecule has 74 valence electrons. The third-order valence-corrected chi connectivity index (χ3v) is 2.89. The largest absolute Gasteiger partial charge is 0.254 e. The van der Waals surface area contributed by atoms with Crippen molar-refractivity contribution in [2.75, 3.05) is 0 Å². The van der Waals surface area contributed by atoms with E-state index in [0.29, 0.717) is 17.3 Å². The minimum atomic E-state index is -3.56. The van der Waals surface area contributed by atoms with E-state index >= 15 is 0 Å². The van der Waals surface area contributed by atoms with Crippen LogP contribution in [0.3, 0.4) is 0 Å². The van der Waals surface area contributed by atoms with E-state index in [9.17, 15) is 8.42 Å². The zero-order chi connectivity index (χ0) is 10.1. The van der Waals surface area contributed by atoms with Crippen LogP contribution in [0.2, 0.25) is 5.15 Å². The molecular formula is C6H8Cl2N2O2S.